The average Bonchev–Trinajstić information content (AvgIpc) is 2.85. The summed E-state index contributed by atoms with van der Waals surface area (Å²) in [6, 6.07) is 12.7. The first-order valence-corrected chi connectivity index (χ1v) is 12.0. The monoisotopic (exact) mass is 470 g/mol. The molecule has 1 amide bonds. The van der Waals surface area contributed by atoms with Crippen molar-refractivity contribution in [2.45, 2.75) is 51.0 Å². The molecule has 1 aromatic heterocycles. The number of halogens is 1. The number of ether oxygens (including phenoxy) is 1. The van der Waals surface area contributed by atoms with Gasteiger partial charge in [-0.1, -0.05) is 41.9 Å². The molecule has 0 saturated carbocycles. The standard InChI is InChI=1S/C25H31ClN4O3/c26-22-16-20(9-10-23(31)29-33-24-8-4-5-15-32-24)17-27-25(22)28-21-11-13-30(14-12-21)18-19-6-2-1-3-7-19/h1-3,6-7,9-10,16-17,21,24H,4-5,8,11-15,18H2,(H,27,28)(H,29,31). The number of hydrogen-bond acceptors (Lipinski definition) is 6. The lowest BCUT2D eigenvalue weighted by molar-refractivity contribution is -0.198. The molecule has 4 rings (SSSR count). The van der Waals surface area contributed by atoms with Gasteiger partial charge in [0.05, 0.1) is 5.02 Å². The van der Waals surface area contributed by atoms with Gasteiger partial charge in [0.1, 0.15) is 5.82 Å². The van der Waals surface area contributed by atoms with Gasteiger partial charge in [0.2, 0.25) is 0 Å². The van der Waals surface area contributed by atoms with Crippen LogP contribution in [0.25, 0.3) is 6.08 Å². The maximum Gasteiger partial charge on any atom is 0.267 e. The van der Waals surface area contributed by atoms with Gasteiger partial charge in [-0.2, -0.15) is 0 Å². The molecule has 1 atom stereocenters. The van der Waals surface area contributed by atoms with Gasteiger partial charge in [0, 0.05) is 51.0 Å². The summed E-state index contributed by atoms with van der Waals surface area (Å²) in [5.41, 5.74) is 4.49. The highest BCUT2D eigenvalue weighted by molar-refractivity contribution is 6.33. The van der Waals surface area contributed by atoms with Gasteiger partial charge < -0.3 is 10.1 Å². The maximum absolute atomic E-state index is 12.0. The summed E-state index contributed by atoms with van der Waals surface area (Å²) in [4.78, 5) is 24.2. The fourth-order valence-corrected chi connectivity index (χ4v) is 4.28. The lowest BCUT2D eigenvalue weighted by Crippen LogP contribution is -2.38. The summed E-state index contributed by atoms with van der Waals surface area (Å²) in [5.74, 6) is 0.322. The normalized spacial score (nSPS) is 20.1. The third-order valence-electron chi connectivity index (χ3n) is 5.90. The van der Waals surface area contributed by atoms with E-state index >= 15 is 0 Å². The Hall–Kier alpha value is -2.45. The minimum atomic E-state index is -0.372. The first-order chi connectivity index (χ1) is 16.2. The van der Waals surface area contributed by atoms with E-state index in [1.807, 2.05) is 6.07 Å². The van der Waals surface area contributed by atoms with Crippen molar-refractivity contribution in [3.8, 4) is 0 Å². The van der Waals surface area contributed by atoms with Crippen LogP contribution < -0.4 is 10.8 Å². The number of likely N-dealkylation sites (tertiary alicyclic amines) is 1. The highest BCUT2D eigenvalue weighted by Gasteiger charge is 2.20. The van der Waals surface area contributed by atoms with Crippen molar-refractivity contribution in [1.29, 1.82) is 0 Å². The quantitative estimate of drug-likeness (QED) is 0.440. The molecule has 176 valence electrons. The van der Waals surface area contributed by atoms with Gasteiger partial charge in [0.25, 0.3) is 5.91 Å². The summed E-state index contributed by atoms with van der Waals surface area (Å²) in [5, 5.41) is 4.01. The van der Waals surface area contributed by atoms with Crippen LogP contribution in [0.2, 0.25) is 5.02 Å². The van der Waals surface area contributed by atoms with E-state index in [2.05, 4.69) is 44.9 Å². The Morgan fingerprint density at radius 3 is 2.76 bits per heavy atom. The maximum atomic E-state index is 12.0. The fraction of sp³-hybridized carbons (Fsp3) is 0.440. The molecule has 1 unspecified atom stereocenters. The predicted octanol–water partition coefficient (Wildman–Crippen LogP) is 4.40. The first kappa shape index (κ1) is 23.7. The van der Waals surface area contributed by atoms with Crippen molar-refractivity contribution in [2.24, 2.45) is 0 Å². The molecule has 33 heavy (non-hydrogen) atoms. The minimum Gasteiger partial charge on any atom is -0.366 e. The summed E-state index contributed by atoms with van der Waals surface area (Å²) in [6.45, 7) is 3.72. The van der Waals surface area contributed by atoms with Crippen LogP contribution in [-0.4, -0.2) is 47.8 Å². The van der Waals surface area contributed by atoms with E-state index in [1.54, 1.807) is 18.3 Å². The third-order valence-corrected chi connectivity index (χ3v) is 6.18. The lowest BCUT2D eigenvalue weighted by atomic mass is 10.0. The molecular weight excluding hydrogens is 440 g/mol. The summed E-state index contributed by atoms with van der Waals surface area (Å²) >= 11 is 6.45. The number of amides is 1. The van der Waals surface area contributed by atoms with Crippen LogP contribution in [-0.2, 0) is 20.9 Å². The van der Waals surface area contributed by atoms with Crippen molar-refractivity contribution < 1.29 is 14.4 Å². The Balaban J connectivity index is 1.21. The molecule has 2 fully saturated rings. The number of carbonyl (C=O) groups is 1. The van der Waals surface area contributed by atoms with Gasteiger partial charge in [-0.05, 0) is 49.0 Å². The third kappa shape index (κ3) is 7.54. The molecule has 7 nitrogen and oxygen atoms in total. The molecule has 3 heterocycles. The number of carbonyl (C=O) groups excluding carboxylic acids is 1. The van der Waals surface area contributed by atoms with E-state index in [9.17, 15) is 4.79 Å². The number of nitrogens with zero attached hydrogens (tertiary/aromatic N) is 2. The molecule has 8 heteroatoms. The van der Waals surface area contributed by atoms with Crippen LogP contribution in [0.15, 0.2) is 48.7 Å². The minimum absolute atomic E-state index is 0.341. The topological polar surface area (TPSA) is 75.7 Å². The van der Waals surface area contributed by atoms with E-state index < -0.39 is 0 Å². The number of pyridine rings is 1. The molecule has 2 saturated heterocycles. The lowest BCUT2D eigenvalue weighted by Gasteiger charge is -2.32. The first-order valence-electron chi connectivity index (χ1n) is 11.6. The fourth-order valence-electron chi connectivity index (χ4n) is 4.05. The number of piperidine rings is 1. The van der Waals surface area contributed by atoms with E-state index in [0.717, 1.165) is 57.3 Å². The van der Waals surface area contributed by atoms with Gasteiger partial charge in [-0.25, -0.2) is 15.3 Å². The number of aromatic nitrogens is 1. The molecule has 0 aliphatic carbocycles. The second-order valence-electron chi connectivity index (χ2n) is 8.49. The Kier molecular flexibility index (Phi) is 8.72. The molecule has 0 spiro atoms. The molecule has 2 N–H and O–H groups in total. The van der Waals surface area contributed by atoms with Gasteiger partial charge >= 0.3 is 0 Å². The molecule has 2 aromatic rings. The smallest absolute Gasteiger partial charge is 0.267 e. The van der Waals surface area contributed by atoms with E-state index in [1.165, 1.54) is 11.6 Å². The van der Waals surface area contributed by atoms with E-state index in [0.29, 0.717) is 23.5 Å². The number of rotatable bonds is 8. The molecule has 0 radical (unpaired) electrons. The zero-order chi connectivity index (χ0) is 22.9. The molecular formula is C25H31ClN4O3. The molecule has 1 aromatic carbocycles. The van der Waals surface area contributed by atoms with Crippen LogP contribution in [0.1, 0.15) is 43.2 Å². The zero-order valence-electron chi connectivity index (χ0n) is 18.7. The number of nitrogens with one attached hydrogen (secondary N) is 2. The van der Waals surface area contributed by atoms with Crippen molar-refractivity contribution in [3.05, 3.63) is 64.8 Å². The highest BCUT2D eigenvalue weighted by Crippen LogP contribution is 2.24. The Morgan fingerprint density at radius 2 is 2.03 bits per heavy atom. The average molecular weight is 471 g/mol. The summed E-state index contributed by atoms with van der Waals surface area (Å²) in [6.07, 6.45) is 9.30. The van der Waals surface area contributed by atoms with E-state index in [4.69, 9.17) is 21.2 Å². The van der Waals surface area contributed by atoms with Crippen molar-refractivity contribution >= 4 is 29.4 Å². The van der Waals surface area contributed by atoms with Crippen LogP contribution >= 0.6 is 11.6 Å². The zero-order valence-corrected chi connectivity index (χ0v) is 19.5. The second-order valence-corrected chi connectivity index (χ2v) is 8.90. The molecule has 2 aliphatic heterocycles. The number of anilines is 1. The Labute approximate surface area is 200 Å². The number of hydrogen-bond donors (Lipinski definition) is 2. The van der Waals surface area contributed by atoms with Crippen LogP contribution in [0.5, 0.6) is 0 Å². The number of benzene rings is 1. The number of hydroxylamine groups is 1. The van der Waals surface area contributed by atoms with Gasteiger partial charge in [-0.15, -0.1) is 0 Å². The summed E-state index contributed by atoms with van der Waals surface area (Å²) < 4.78 is 5.42. The Bertz CT molecular complexity index is 927. The SMILES string of the molecule is O=C(C=Cc1cnc(NC2CCN(Cc3ccccc3)CC2)c(Cl)c1)NOC1CCCCO1. The van der Waals surface area contributed by atoms with Crippen molar-refractivity contribution in [1.82, 2.24) is 15.4 Å². The van der Waals surface area contributed by atoms with E-state index in [-0.39, 0.29) is 12.2 Å². The van der Waals surface area contributed by atoms with Crippen LogP contribution in [0, 0.1) is 0 Å². The molecule has 0 bridgehead atoms. The highest BCUT2D eigenvalue weighted by atomic mass is 35.5. The van der Waals surface area contributed by atoms with Gasteiger partial charge in [0.15, 0.2) is 6.29 Å². The largest absolute Gasteiger partial charge is 0.366 e. The second kappa shape index (κ2) is 12.1. The van der Waals surface area contributed by atoms with Crippen LogP contribution in [0.3, 0.4) is 0 Å². The molecule has 2 aliphatic rings. The van der Waals surface area contributed by atoms with Crippen molar-refractivity contribution in [2.75, 3.05) is 25.0 Å². The predicted molar refractivity (Wildman–Crippen MR) is 129 cm³/mol. The van der Waals surface area contributed by atoms with Crippen LogP contribution in [0.4, 0.5) is 5.82 Å². The van der Waals surface area contributed by atoms with Gasteiger partial charge in [-0.3, -0.25) is 9.69 Å². The Morgan fingerprint density at radius 1 is 1.21 bits per heavy atom. The van der Waals surface area contributed by atoms with Crippen molar-refractivity contribution in [3.63, 3.8) is 0 Å². The summed E-state index contributed by atoms with van der Waals surface area (Å²) in [7, 11) is 0.